The van der Waals surface area contributed by atoms with E-state index in [0.717, 1.165) is 0 Å². The van der Waals surface area contributed by atoms with Gasteiger partial charge in [0.2, 0.25) is 0 Å². The van der Waals surface area contributed by atoms with Crippen LogP contribution in [0.25, 0.3) is 0 Å². The van der Waals surface area contributed by atoms with E-state index in [4.69, 9.17) is 10.8 Å². The smallest absolute Gasteiger partial charge is 0.115 e. The van der Waals surface area contributed by atoms with Crippen LogP contribution in [0.4, 0.5) is 0 Å². The number of hydrogen-bond acceptors (Lipinski definition) is 6. The average molecular weight is 237 g/mol. The second-order valence-corrected chi connectivity index (χ2v) is 4.40. The van der Waals surface area contributed by atoms with Crippen LogP contribution < -0.4 is 5.73 Å². The third-order valence-corrected chi connectivity index (χ3v) is 2.91. The van der Waals surface area contributed by atoms with E-state index in [2.05, 4.69) is 0 Å². The van der Waals surface area contributed by atoms with Gasteiger partial charge in [-0.15, -0.1) is 0 Å². The molecule has 0 aliphatic heterocycles. The monoisotopic (exact) mass is 237 g/mol. The van der Waals surface area contributed by atoms with Crippen molar-refractivity contribution in [3.05, 3.63) is 0 Å². The van der Waals surface area contributed by atoms with Crippen LogP contribution in [0.15, 0.2) is 0 Å². The summed E-state index contributed by atoms with van der Waals surface area (Å²) in [6, 6.07) is -1.24. The standard InChI is InChI=1S/C10H23NO5/c1-4-6(13)10(3,16)9(15)7(11)8(14)5(2)12/h5-9,12-16H,4,11H2,1-3H3. The maximum atomic E-state index is 9.88. The Morgan fingerprint density at radius 2 is 1.62 bits per heavy atom. The molecular weight excluding hydrogens is 214 g/mol. The van der Waals surface area contributed by atoms with Gasteiger partial charge >= 0.3 is 0 Å². The minimum absolute atomic E-state index is 0.238. The summed E-state index contributed by atoms with van der Waals surface area (Å²) in [6.45, 7) is 4.20. The van der Waals surface area contributed by atoms with Crippen LogP contribution >= 0.6 is 0 Å². The first-order valence-corrected chi connectivity index (χ1v) is 5.36. The van der Waals surface area contributed by atoms with Gasteiger partial charge in [0, 0.05) is 0 Å². The lowest BCUT2D eigenvalue weighted by molar-refractivity contribution is -0.156. The maximum absolute atomic E-state index is 9.88. The number of hydrogen-bond donors (Lipinski definition) is 6. The molecule has 0 aromatic carbocycles. The first-order valence-electron chi connectivity index (χ1n) is 5.36. The van der Waals surface area contributed by atoms with Crippen molar-refractivity contribution in [1.82, 2.24) is 0 Å². The van der Waals surface area contributed by atoms with Crippen LogP contribution in [0.1, 0.15) is 27.2 Å². The Morgan fingerprint density at radius 1 is 1.19 bits per heavy atom. The molecule has 0 aromatic heterocycles. The number of aliphatic hydroxyl groups excluding tert-OH is 4. The fourth-order valence-corrected chi connectivity index (χ4v) is 1.51. The zero-order valence-electron chi connectivity index (χ0n) is 9.91. The first kappa shape index (κ1) is 15.8. The molecule has 0 saturated carbocycles. The number of nitrogens with two attached hydrogens (primary N) is 1. The van der Waals surface area contributed by atoms with Crippen molar-refractivity contribution in [3.8, 4) is 0 Å². The third-order valence-electron chi connectivity index (χ3n) is 2.91. The van der Waals surface area contributed by atoms with E-state index < -0.39 is 36.1 Å². The molecule has 0 aliphatic carbocycles. The molecule has 6 atom stereocenters. The van der Waals surface area contributed by atoms with Crippen molar-refractivity contribution in [2.45, 2.75) is 63.3 Å². The zero-order valence-corrected chi connectivity index (χ0v) is 9.91. The minimum Gasteiger partial charge on any atom is -0.391 e. The summed E-state index contributed by atoms with van der Waals surface area (Å²) >= 11 is 0. The van der Waals surface area contributed by atoms with Gasteiger partial charge in [-0.3, -0.25) is 0 Å². The van der Waals surface area contributed by atoms with Crippen molar-refractivity contribution in [1.29, 1.82) is 0 Å². The van der Waals surface area contributed by atoms with Gasteiger partial charge in [0.25, 0.3) is 0 Å². The molecule has 6 nitrogen and oxygen atoms in total. The molecule has 0 aliphatic rings. The highest BCUT2D eigenvalue weighted by Gasteiger charge is 2.43. The molecule has 6 heteroatoms. The van der Waals surface area contributed by atoms with Gasteiger partial charge in [0.1, 0.15) is 11.7 Å². The van der Waals surface area contributed by atoms with Gasteiger partial charge in [0.15, 0.2) is 0 Å². The van der Waals surface area contributed by atoms with Crippen LogP contribution in [0, 0.1) is 0 Å². The summed E-state index contributed by atoms with van der Waals surface area (Å²) < 4.78 is 0. The normalized spacial score (nSPS) is 25.3. The topological polar surface area (TPSA) is 127 Å². The van der Waals surface area contributed by atoms with Crippen molar-refractivity contribution < 1.29 is 25.5 Å². The second-order valence-electron chi connectivity index (χ2n) is 4.40. The summed E-state index contributed by atoms with van der Waals surface area (Å²) in [7, 11) is 0. The van der Waals surface area contributed by atoms with E-state index in [1.165, 1.54) is 13.8 Å². The molecule has 98 valence electrons. The van der Waals surface area contributed by atoms with E-state index >= 15 is 0 Å². The molecule has 16 heavy (non-hydrogen) atoms. The minimum atomic E-state index is -1.83. The quantitative estimate of drug-likeness (QED) is 0.315. The van der Waals surface area contributed by atoms with E-state index in [1.807, 2.05) is 0 Å². The predicted molar refractivity (Wildman–Crippen MR) is 58.6 cm³/mol. The van der Waals surface area contributed by atoms with E-state index in [-0.39, 0.29) is 6.42 Å². The Balaban J connectivity index is 4.71. The highest BCUT2D eigenvalue weighted by atomic mass is 16.4. The average Bonchev–Trinajstić information content (AvgIpc) is 2.24. The van der Waals surface area contributed by atoms with Gasteiger partial charge in [-0.05, 0) is 20.3 Å². The molecule has 0 radical (unpaired) electrons. The molecule has 0 heterocycles. The summed E-state index contributed by atoms with van der Waals surface area (Å²) in [5, 5.41) is 47.7. The lowest BCUT2D eigenvalue weighted by atomic mass is 9.84. The third kappa shape index (κ3) is 3.38. The summed E-state index contributed by atoms with van der Waals surface area (Å²) in [6.07, 6.45) is -4.95. The van der Waals surface area contributed by atoms with Crippen LogP contribution in [0.5, 0.6) is 0 Å². The molecule has 6 unspecified atom stereocenters. The van der Waals surface area contributed by atoms with Crippen molar-refractivity contribution in [2.24, 2.45) is 5.73 Å². The number of aliphatic hydroxyl groups is 5. The molecule has 0 fully saturated rings. The lowest BCUT2D eigenvalue weighted by Gasteiger charge is -2.38. The van der Waals surface area contributed by atoms with Crippen LogP contribution in [-0.2, 0) is 0 Å². The summed E-state index contributed by atoms with van der Waals surface area (Å²) in [5.74, 6) is 0. The molecule has 0 rings (SSSR count). The predicted octanol–water partition coefficient (Wildman–Crippen LogP) is -2.06. The van der Waals surface area contributed by atoms with Gasteiger partial charge in [-0.2, -0.15) is 0 Å². The van der Waals surface area contributed by atoms with Crippen LogP contribution in [-0.4, -0.2) is 61.6 Å². The molecule has 0 amide bonds. The largest absolute Gasteiger partial charge is 0.391 e. The van der Waals surface area contributed by atoms with Crippen molar-refractivity contribution in [3.63, 3.8) is 0 Å². The van der Waals surface area contributed by atoms with E-state index in [0.29, 0.717) is 0 Å². The van der Waals surface area contributed by atoms with Crippen LogP contribution in [0.2, 0.25) is 0 Å². The highest BCUT2D eigenvalue weighted by Crippen LogP contribution is 2.21. The fraction of sp³-hybridized carbons (Fsp3) is 1.00. The molecule has 0 saturated heterocycles. The van der Waals surface area contributed by atoms with Crippen molar-refractivity contribution in [2.75, 3.05) is 0 Å². The van der Waals surface area contributed by atoms with Gasteiger partial charge < -0.3 is 31.3 Å². The Labute approximate surface area is 95.3 Å². The highest BCUT2D eigenvalue weighted by molar-refractivity contribution is 4.97. The summed E-state index contributed by atoms with van der Waals surface area (Å²) in [5.41, 5.74) is 3.68. The molecule has 0 spiro atoms. The van der Waals surface area contributed by atoms with Gasteiger partial charge in [-0.1, -0.05) is 6.92 Å². The van der Waals surface area contributed by atoms with Gasteiger partial charge in [0.05, 0.1) is 24.4 Å². The second kappa shape index (κ2) is 5.90. The van der Waals surface area contributed by atoms with Crippen LogP contribution in [0.3, 0.4) is 0 Å². The van der Waals surface area contributed by atoms with E-state index in [1.54, 1.807) is 6.92 Å². The molecule has 0 bridgehead atoms. The Bertz CT molecular complexity index is 209. The lowest BCUT2D eigenvalue weighted by Crippen LogP contribution is -2.61. The Kier molecular flexibility index (Phi) is 5.81. The maximum Gasteiger partial charge on any atom is 0.115 e. The Hall–Kier alpha value is -0.240. The Morgan fingerprint density at radius 3 is 1.94 bits per heavy atom. The fourth-order valence-electron chi connectivity index (χ4n) is 1.51. The molecular formula is C10H23NO5. The summed E-state index contributed by atoms with van der Waals surface area (Å²) in [4.78, 5) is 0. The molecule has 7 N–H and O–H groups in total. The zero-order chi connectivity index (χ0) is 13.1. The van der Waals surface area contributed by atoms with Crippen molar-refractivity contribution >= 4 is 0 Å². The van der Waals surface area contributed by atoms with E-state index in [9.17, 15) is 20.4 Å². The SMILES string of the molecule is CCC(O)C(C)(O)C(O)C(N)C(O)C(C)O. The molecule has 0 aromatic rings. The number of rotatable bonds is 6. The first-order chi connectivity index (χ1) is 7.16. The van der Waals surface area contributed by atoms with Gasteiger partial charge in [-0.25, -0.2) is 0 Å².